The van der Waals surface area contributed by atoms with Gasteiger partial charge in [-0.3, -0.25) is 9.58 Å². The Bertz CT molecular complexity index is 287. The molecule has 5 nitrogen and oxygen atoms in total. The number of piperazine rings is 1. The molecule has 0 aliphatic carbocycles. The molecule has 78 valence electrons. The number of likely N-dealkylation sites (N-methyl/N-ethyl adjacent to an activating group) is 1. The highest BCUT2D eigenvalue weighted by molar-refractivity contribution is 4.92. The Morgan fingerprint density at radius 3 is 2.50 bits per heavy atom. The molecule has 0 saturated carbocycles. The van der Waals surface area contributed by atoms with E-state index in [0.717, 1.165) is 38.4 Å². The zero-order valence-electron chi connectivity index (χ0n) is 8.85. The molecular weight excluding hydrogens is 178 g/mol. The third kappa shape index (κ3) is 2.30. The van der Waals surface area contributed by atoms with Gasteiger partial charge < -0.3 is 4.90 Å². The van der Waals surface area contributed by atoms with Gasteiger partial charge in [-0.1, -0.05) is 5.21 Å². The molecular formula is C9H17N5. The summed E-state index contributed by atoms with van der Waals surface area (Å²) in [5.41, 5.74) is 1.07. The topological polar surface area (TPSA) is 37.2 Å². The summed E-state index contributed by atoms with van der Waals surface area (Å²) < 4.78 is 1.76. The van der Waals surface area contributed by atoms with Gasteiger partial charge in [-0.2, -0.15) is 0 Å². The zero-order valence-corrected chi connectivity index (χ0v) is 8.85. The zero-order chi connectivity index (χ0) is 9.97. The van der Waals surface area contributed by atoms with Crippen LogP contribution in [-0.2, 0) is 13.6 Å². The lowest BCUT2D eigenvalue weighted by Gasteiger charge is -2.31. The minimum absolute atomic E-state index is 0.932. The van der Waals surface area contributed by atoms with Crippen molar-refractivity contribution in [1.82, 2.24) is 24.8 Å². The highest BCUT2D eigenvalue weighted by Crippen LogP contribution is 2.04. The fourth-order valence-electron chi connectivity index (χ4n) is 1.70. The summed E-state index contributed by atoms with van der Waals surface area (Å²) in [6.07, 6.45) is 1.98. The molecule has 0 bridgehead atoms. The van der Waals surface area contributed by atoms with Crippen molar-refractivity contribution in [2.45, 2.75) is 6.54 Å². The van der Waals surface area contributed by atoms with Gasteiger partial charge in [0, 0.05) is 46.0 Å². The Balaban J connectivity index is 1.86. The summed E-state index contributed by atoms with van der Waals surface area (Å²) in [6, 6.07) is 0. The van der Waals surface area contributed by atoms with Crippen molar-refractivity contribution in [2.24, 2.45) is 7.05 Å². The second-order valence-electron chi connectivity index (χ2n) is 3.96. The number of hydrogen-bond acceptors (Lipinski definition) is 4. The molecule has 0 radical (unpaired) electrons. The highest BCUT2D eigenvalue weighted by atomic mass is 15.4. The molecule has 0 aromatic carbocycles. The summed E-state index contributed by atoms with van der Waals surface area (Å²) in [6.45, 7) is 5.50. The third-order valence-corrected chi connectivity index (χ3v) is 2.63. The summed E-state index contributed by atoms with van der Waals surface area (Å²) in [5, 5.41) is 8.01. The molecule has 1 saturated heterocycles. The van der Waals surface area contributed by atoms with Gasteiger partial charge in [0.15, 0.2) is 0 Å². The van der Waals surface area contributed by atoms with Crippen LogP contribution in [0.3, 0.4) is 0 Å². The van der Waals surface area contributed by atoms with Gasteiger partial charge in [-0.25, -0.2) is 0 Å². The van der Waals surface area contributed by atoms with E-state index in [1.54, 1.807) is 4.68 Å². The van der Waals surface area contributed by atoms with Crippen LogP contribution in [0.25, 0.3) is 0 Å². The van der Waals surface area contributed by atoms with Crippen LogP contribution in [0.15, 0.2) is 6.20 Å². The van der Waals surface area contributed by atoms with Crippen LogP contribution in [0, 0.1) is 0 Å². The molecule has 1 fully saturated rings. The Morgan fingerprint density at radius 2 is 1.93 bits per heavy atom. The highest BCUT2D eigenvalue weighted by Gasteiger charge is 2.14. The number of aryl methyl sites for hydroxylation is 1. The van der Waals surface area contributed by atoms with Gasteiger partial charge in [-0.15, -0.1) is 5.10 Å². The maximum absolute atomic E-state index is 4.09. The van der Waals surface area contributed by atoms with Crippen LogP contribution in [0.5, 0.6) is 0 Å². The van der Waals surface area contributed by atoms with E-state index in [-0.39, 0.29) is 0 Å². The van der Waals surface area contributed by atoms with E-state index in [2.05, 4.69) is 27.2 Å². The minimum Gasteiger partial charge on any atom is -0.304 e. The van der Waals surface area contributed by atoms with Crippen LogP contribution in [0.4, 0.5) is 0 Å². The fraction of sp³-hybridized carbons (Fsp3) is 0.778. The van der Waals surface area contributed by atoms with E-state index in [9.17, 15) is 0 Å². The van der Waals surface area contributed by atoms with Gasteiger partial charge in [0.05, 0.1) is 5.69 Å². The lowest BCUT2D eigenvalue weighted by Crippen LogP contribution is -2.43. The second-order valence-corrected chi connectivity index (χ2v) is 3.96. The Labute approximate surface area is 84.3 Å². The predicted octanol–water partition coefficient (Wildman–Crippen LogP) is -0.437. The maximum Gasteiger partial charge on any atom is 0.0967 e. The Hall–Kier alpha value is -0.940. The molecule has 0 spiro atoms. The van der Waals surface area contributed by atoms with Crippen LogP contribution in [0.1, 0.15) is 5.69 Å². The minimum atomic E-state index is 0.932. The van der Waals surface area contributed by atoms with E-state index in [1.807, 2.05) is 13.2 Å². The van der Waals surface area contributed by atoms with Crippen LogP contribution in [-0.4, -0.2) is 58.0 Å². The Kier molecular flexibility index (Phi) is 2.79. The summed E-state index contributed by atoms with van der Waals surface area (Å²) in [4.78, 5) is 4.77. The first kappa shape index (κ1) is 9.61. The summed E-state index contributed by atoms with van der Waals surface area (Å²) in [5.74, 6) is 0. The lowest BCUT2D eigenvalue weighted by atomic mass is 10.3. The average Bonchev–Trinajstić information content (AvgIpc) is 2.56. The molecule has 1 aliphatic heterocycles. The predicted molar refractivity (Wildman–Crippen MR) is 53.8 cm³/mol. The van der Waals surface area contributed by atoms with Crippen molar-refractivity contribution >= 4 is 0 Å². The first-order chi connectivity index (χ1) is 6.74. The molecule has 1 aromatic heterocycles. The van der Waals surface area contributed by atoms with Gasteiger partial charge in [-0.05, 0) is 7.05 Å². The quantitative estimate of drug-likeness (QED) is 0.641. The molecule has 5 heteroatoms. The van der Waals surface area contributed by atoms with Gasteiger partial charge >= 0.3 is 0 Å². The number of hydrogen-bond donors (Lipinski definition) is 0. The molecule has 2 rings (SSSR count). The average molecular weight is 195 g/mol. The molecule has 0 unspecified atom stereocenters. The van der Waals surface area contributed by atoms with Gasteiger partial charge in [0.25, 0.3) is 0 Å². The van der Waals surface area contributed by atoms with Crippen LogP contribution in [0.2, 0.25) is 0 Å². The number of aromatic nitrogens is 3. The van der Waals surface area contributed by atoms with Crippen molar-refractivity contribution in [1.29, 1.82) is 0 Å². The van der Waals surface area contributed by atoms with E-state index < -0.39 is 0 Å². The molecule has 1 aliphatic rings. The third-order valence-electron chi connectivity index (χ3n) is 2.63. The summed E-state index contributed by atoms with van der Waals surface area (Å²) >= 11 is 0. The number of rotatable bonds is 2. The normalized spacial score (nSPS) is 20.1. The van der Waals surface area contributed by atoms with E-state index in [4.69, 9.17) is 0 Å². The largest absolute Gasteiger partial charge is 0.304 e. The molecule has 0 amide bonds. The second kappa shape index (κ2) is 4.06. The first-order valence-corrected chi connectivity index (χ1v) is 5.00. The maximum atomic E-state index is 4.09. The molecule has 0 N–H and O–H groups in total. The smallest absolute Gasteiger partial charge is 0.0967 e. The SMILES string of the molecule is CN1CCN(Cc2cn(C)nn2)CC1. The molecule has 0 atom stereocenters. The summed E-state index contributed by atoms with van der Waals surface area (Å²) in [7, 11) is 4.07. The van der Waals surface area contributed by atoms with E-state index >= 15 is 0 Å². The molecule has 14 heavy (non-hydrogen) atoms. The monoisotopic (exact) mass is 195 g/mol. The van der Waals surface area contributed by atoms with Crippen LogP contribution < -0.4 is 0 Å². The Morgan fingerprint density at radius 1 is 1.21 bits per heavy atom. The van der Waals surface area contributed by atoms with Crippen molar-refractivity contribution < 1.29 is 0 Å². The van der Waals surface area contributed by atoms with E-state index in [0.29, 0.717) is 0 Å². The van der Waals surface area contributed by atoms with Crippen LogP contribution >= 0.6 is 0 Å². The fourth-order valence-corrected chi connectivity index (χ4v) is 1.70. The standard InChI is InChI=1S/C9H17N5/c1-12-3-5-14(6-4-12)8-9-7-13(2)11-10-9/h7H,3-6,8H2,1-2H3. The first-order valence-electron chi connectivity index (χ1n) is 5.00. The number of nitrogens with zero attached hydrogens (tertiary/aromatic N) is 5. The molecule has 1 aromatic rings. The van der Waals surface area contributed by atoms with Gasteiger partial charge in [0.2, 0.25) is 0 Å². The van der Waals surface area contributed by atoms with Gasteiger partial charge in [0.1, 0.15) is 0 Å². The molecule has 2 heterocycles. The lowest BCUT2D eigenvalue weighted by molar-refractivity contribution is 0.147. The van der Waals surface area contributed by atoms with Crippen molar-refractivity contribution in [3.8, 4) is 0 Å². The van der Waals surface area contributed by atoms with Crippen molar-refractivity contribution in [2.75, 3.05) is 33.2 Å². The van der Waals surface area contributed by atoms with Crippen molar-refractivity contribution in [3.63, 3.8) is 0 Å². The van der Waals surface area contributed by atoms with E-state index in [1.165, 1.54) is 0 Å². The van der Waals surface area contributed by atoms with Crippen molar-refractivity contribution in [3.05, 3.63) is 11.9 Å².